The molecule has 0 aromatic rings. The lowest BCUT2D eigenvalue weighted by Crippen LogP contribution is -2.52. The third-order valence-corrected chi connectivity index (χ3v) is 2.13. The van der Waals surface area contributed by atoms with E-state index in [0.29, 0.717) is 6.54 Å². The van der Waals surface area contributed by atoms with Gasteiger partial charge in [-0.2, -0.15) is 0 Å². The van der Waals surface area contributed by atoms with Gasteiger partial charge in [0.25, 0.3) is 0 Å². The van der Waals surface area contributed by atoms with E-state index in [9.17, 15) is 9.59 Å². The van der Waals surface area contributed by atoms with Gasteiger partial charge in [-0.15, -0.1) is 6.58 Å². The van der Waals surface area contributed by atoms with Crippen LogP contribution >= 0.6 is 0 Å². The number of carbonyl (C=O) groups is 2. The van der Waals surface area contributed by atoms with E-state index in [2.05, 4.69) is 11.9 Å². The van der Waals surface area contributed by atoms with Gasteiger partial charge >= 0.3 is 5.97 Å². The summed E-state index contributed by atoms with van der Waals surface area (Å²) in [6, 6.07) is -0.497. The minimum atomic E-state index is -0.956. The molecule has 1 amide bonds. The van der Waals surface area contributed by atoms with Crippen molar-refractivity contribution in [2.45, 2.75) is 39.3 Å². The molecular weight excluding hydrogens is 220 g/mol. The molecule has 0 aliphatic rings. The number of nitrogens with one attached hydrogen (secondary N) is 1. The Balaban J connectivity index is 4.59. The molecule has 98 valence electrons. The molecule has 5 heteroatoms. The Kier molecular flexibility index (Phi) is 5.88. The highest BCUT2D eigenvalue weighted by Gasteiger charge is 2.25. The highest BCUT2D eigenvalue weighted by atomic mass is 16.4. The second-order valence-electron chi connectivity index (χ2n) is 5.03. The first-order valence-corrected chi connectivity index (χ1v) is 5.56. The zero-order valence-electron chi connectivity index (χ0n) is 11.0. The van der Waals surface area contributed by atoms with E-state index in [-0.39, 0.29) is 18.0 Å². The fraction of sp³-hybridized carbons (Fsp3) is 0.667. The molecule has 17 heavy (non-hydrogen) atoms. The average molecular weight is 242 g/mol. The van der Waals surface area contributed by atoms with Crippen molar-refractivity contribution in [1.82, 2.24) is 10.2 Å². The molecule has 0 aliphatic heterocycles. The van der Waals surface area contributed by atoms with Crippen LogP contribution in [0.25, 0.3) is 0 Å². The van der Waals surface area contributed by atoms with Crippen LogP contribution in [-0.4, -0.2) is 46.6 Å². The summed E-state index contributed by atoms with van der Waals surface area (Å²) in [6.45, 7) is 11.1. The van der Waals surface area contributed by atoms with Gasteiger partial charge in [-0.05, 0) is 27.7 Å². The third-order valence-electron chi connectivity index (χ3n) is 2.13. The average Bonchev–Trinajstić information content (AvgIpc) is 2.12. The monoisotopic (exact) mass is 242 g/mol. The molecule has 0 saturated carbocycles. The van der Waals surface area contributed by atoms with Gasteiger partial charge in [0.2, 0.25) is 5.91 Å². The largest absolute Gasteiger partial charge is 0.480 e. The first kappa shape index (κ1) is 15.6. The molecule has 0 heterocycles. The zero-order valence-corrected chi connectivity index (χ0v) is 11.0. The van der Waals surface area contributed by atoms with Crippen molar-refractivity contribution in [1.29, 1.82) is 0 Å². The Morgan fingerprint density at radius 2 is 2.00 bits per heavy atom. The number of carboxylic acid groups (broad SMARTS) is 1. The standard InChI is InChI=1S/C12H22N2O3/c1-6-7-14(8-10(15)16)9(2)11(17)13-12(3,4)5/h6,9H,1,7-8H2,2-5H3,(H,13,17)(H,15,16). The summed E-state index contributed by atoms with van der Waals surface area (Å²) in [5.74, 6) is -1.14. The fourth-order valence-corrected chi connectivity index (χ4v) is 1.34. The number of aliphatic carboxylic acids is 1. The quantitative estimate of drug-likeness (QED) is 0.678. The van der Waals surface area contributed by atoms with Gasteiger partial charge in [-0.25, -0.2) is 0 Å². The van der Waals surface area contributed by atoms with Gasteiger partial charge in [0.15, 0.2) is 0 Å². The first-order chi connectivity index (χ1) is 7.67. The van der Waals surface area contributed by atoms with Gasteiger partial charge in [0.05, 0.1) is 12.6 Å². The van der Waals surface area contributed by atoms with Crippen molar-refractivity contribution in [2.24, 2.45) is 0 Å². The van der Waals surface area contributed by atoms with Gasteiger partial charge in [0, 0.05) is 12.1 Å². The van der Waals surface area contributed by atoms with E-state index < -0.39 is 12.0 Å². The summed E-state index contributed by atoms with van der Waals surface area (Å²) in [5, 5.41) is 11.6. The highest BCUT2D eigenvalue weighted by Crippen LogP contribution is 2.04. The van der Waals surface area contributed by atoms with Crippen LogP contribution in [0, 0.1) is 0 Å². The molecule has 0 rings (SSSR count). The highest BCUT2D eigenvalue weighted by molar-refractivity contribution is 5.82. The van der Waals surface area contributed by atoms with E-state index in [0.717, 1.165) is 0 Å². The van der Waals surface area contributed by atoms with Crippen LogP contribution in [0.2, 0.25) is 0 Å². The smallest absolute Gasteiger partial charge is 0.317 e. The number of hydrogen-bond donors (Lipinski definition) is 2. The van der Waals surface area contributed by atoms with Gasteiger partial charge in [-0.1, -0.05) is 6.08 Å². The van der Waals surface area contributed by atoms with Crippen LogP contribution in [0.1, 0.15) is 27.7 Å². The van der Waals surface area contributed by atoms with Crippen LogP contribution in [0.3, 0.4) is 0 Å². The lowest BCUT2D eigenvalue weighted by atomic mass is 10.1. The molecule has 2 N–H and O–H groups in total. The van der Waals surface area contributed by atoms with Crippen LogP contribution in [-0.2, 0) is 9.59 Å². The second kappa shape index (κ2) is 6.39. The number of amides is 1. The predicted octanol–water partition coefficient (Wildman–Crippen LogP) is 0.862. The van der Waals surface area contributed by atoms with Gasteiger partial charge in [-0.3, -0.25) is 14.5 Å². The normalized spacial score (nSPS) is 13.2. The molecule has 0 spiro atoms. The lowest BCUT2D eigenvalue weighted by molar-refractivity contribution is -0.139. The summed E-state index contributed by atoms with van der Waals surface area (Å²) in [5.41, 5.74) is -0.325. The maximum absolute atomic E-state index is 11.9. The fourth-order valence-electron chi connectivity index (χ4n) is 1.34. The number of rotatable bonds is 6. The summed E-state index contributed by atoms with van der Waals surface area (Å²) >= 11 is 0. The Morgan fingerprint density at radius 3 is 2.35 bits per heavy atom. The number of nitrogens with zero attached hydrogens (tertiary/aromatic N) is 1. The van der Waals surface area contributed by atoms with Crippen LogP contribution in [0.4, 0.5) is 0 Å². The zero-order chi connectivity index (χ0) is 13.6. The molecule has 0 bridgehead atoms. The molecule has 5 nitrogen and oxygen atoms in total. The molecule has 1 atom stereocenters. The van der Waals surface area contributed by atoms with Crippen molar-refractivity contribution in [3.05, 3.63) is 12.7 Å². The predicted molar refractivity (Wildman–Crippen MR) is 66.8 cm³/mol. The topological polar surface area (TPSA) is 69.6 Å². The van der Waals surface area contributed by atoms with Gasteiger partial charge < -0.3 is 10.4 Å². The third kappa shape index (κ3) is 6.73. The summed E-state index contributed by atoms with van der Waals surface area (Å²) in [6.07, 6.45) is 1.59. The van der Waals surface area contributed by atoms with E-state index in [1.54, 1.807) is 17.9 Å². The molecule has 0 aliphatic carbocycles. The molecule has 0 saturated heterocycles. The summed E-state index contributed by atoms with van der Waals surface area (Å²) in [4.78, 5) is 24.1. The van der Waals surface area contributed by atoms with E-state index in [1.165, 1.54) is 0 Å². The molecule has 1 unspecified atom stereocenters. The molecule has 0 aromatic carbocycles. The second-order valence-corrected chi connectivity index (χ2v) is 5.03. The van der Waals surface area contributed by atoms with E-state index in [1.807, 2.05) is 20.8 Å². The van der Waals surface area contributed by atoms with Gasteiger partial charge in [0.1, 0.15) is 0 Å². The Hall–Kier alpha value is -1.36. The van der Waals surface area contributed by atoms with Crippen molar-refractivity contribution in [3.63, 3.8) is 0 Å². The Morgan fingerprint density at radius 1 is 1.47 bits per heavy atom. The molecule has 0 fully saturated rings. The van der Waals surface area contributed by atoms with Crippen LogP contribution in [0.15, 0.2) is 12.7 Å². The Labute approximate surface area is 102 Å². The summed E-state index contributed by atoms with van der Waals surface area (Å²) in [7, 11) is 0. The van der Waals surface area contributed by atoms with Crippen molar-refractivity contribution in [3.8, 4) is 0 Å². The first-order valence-electron chi connectivity index (χ1n) is 5.56. The minimum absolute atomic E-state index is 0.176. The van der Waals surface area contributed by atoms with Crippen molar-refractivity contribution >= 4 is 11.9 Å². The maximum Gasteiger partial charge on any atom is 0.317 e. The van der Waals surface area contributed by atoms with Crippen LogP contribution < -0.4 is 5.32 Å². The Bertz CT molecular complexity index is 295. The maximum atomic E-state index is 11.9. The lowest BCUT2D eigenvalue weighted by Gasteiger charge is -2.29. The number of hydrogen-bond acceptors (Lipinski definition) is 3. The summed E-state index contributed by atoms with van der Waals surface area (Å²) < 4.78 is 0. The number of carboxylic acids is 1. The SMILES string of the molecule is C=CCN(CC(=O)O)C(C)C(=O)NC(C)(C)C. The van der Waals surface area contributed by atoms with E-state index in [4.69, 9.17) is 5.11 Å². The van der Waals surface area contributed by atoms with Crippen molar-refractivity contribution in [2.75, 3.05) is 13.1 Å². The number of carbonyl (C=O) groups excluding carboxylic acids is 1. The molecular formula is C12H22N2O3. The molecule has 0 aromatic heterocycles. The van der Waals surface area contributed by atoms with E-state index >= 15 is 0 Å². The van der Waals surface area contributed by atoms with Crippen molar-refractivity contribution < 1.29 is 14.7 Å². The minimum Gasteiger partial charge on any atom is -0.480 e. The molecule has 0 radical (unpaired) electrons. The van der Waals surface area contributed by atoms with Crippen LogP contribution in [0.5, 0.6) is 0 Å².